The number of nitrogens with two attached hydrogens (primary N) is 2. The zero-order valence-electron chi connectivity index (χ0n) is 17.9. The van der Waals surface area contributed by atoms with Gasteiger partial charge >= 0.3 is 0 Å². The van der Waals surface area contributed by atoms with Gasteiger partial charge in [0.2, 0.25) is 0 Å². The number of halogens is 1. The Kier molecular flexibility index (Phi) is 7.53. The predicted octanol–water partition coefficient (Wildman–Crippen LogP) is 4.99. The largest absolute Gasteiger partial charge is 0.489 e. The Morgan fingerprint density at radius 2 is 0.970 bits per heavy atom. The first-order chi connectivity index (χ1) is 15.5. The van der Waals surface area contributed by atoms with Crippen LogP contribution in [0.15, 0.2) is 84.9 Å². The van der Waals surface area contributed by atoms with Gasteiger partial charge in [0.15, 0.2) is 0 Å². The van der Waals surface area contributed by atoms with E-state index in [0.29, 0.717) is 24.3 Å². The minimum absolute atomic E-state index is 0. The molecule has 0 aliphatic heterocycles. The molecule has 6 N–H and O–H groups in total. The third-order valence-electron chi connectivity index (χ3n) is 5.12. The van der Waals surface area contributed by atoms with E-state index in [9.17, 15) is 0 Å². The molecule has 4 rings (SSSR count). The Balaban J connectivity index is 0.00000306. The summed E-state index contributed by atoms with van der Waals surface area (Å²) in [4.78, 5) is 0. The molecule has 0 saturated carbocycles. The van der Waals surface area contributed by atoms with E-state index in [1.807, 2.05) is 84.9 Å². The number of hydrogen-bond acceptors (Lipinski definition) is 4. The maximum atomic E-state index is 7.46. The summed E-state index contributed by atoms with van der Waals surface area (Å²) in [6, 6.07) is 26.8. The van der Waals surface area contributed by atoms with Gasteiger partial charge in [-0.2, -0.15) is 0 Å². The molecule has 0 fully saturated rings. The van der Waals surface area contributed by atoms with Crippen molar-refractivity contribution >= 4 is 34.9 Å². The molecule has 4 aromatic rings. The summed E-state index contributed by atoms with van der Waals surface area (Å²) in [6.07, 6.45) is 0. The number of nitrogens with one attached hydrogen (secondary N) is 2. The first-order valence-corrected chi connectivity index (χ1v) is 10.1. The summed E-state index contributed by atoms with van der Waals surface area (Å²) in [6.45, 7) is 0.853. The minimum Gasteiger partial charge on any atom is -0.489 e. The SMILES string of the molecule is Cl.N=C(N)c1ccc(COc2ccc3ccc(OCc4ccc(C(=N)N)cc4)cc3c2)cc1. The Morgan fingerprint density at radius 3 is 1.33 bits per heavy atom. The molecule has 0 bridgehead atoms. The van der Waals surface area contributed by atoms with Crippen LogP contribution in [0.2, 0.25) is 0 Å². The van der Waals surface area contributed by atoms with Crippen molar-refractivity contribution in [2.75, 3.05) is 0 Å². The highest BCUT2D eigenvalue weighted by Crippen LogP contribution is 2.26. The average molecular weight is 461 g/mol. The van der Waals surface area contributed by atoms with Crippen LogP contribution in [0.5, 0.6) is 11.5 Å². The van der Waals surface area contributed by atoms with Gasteiger partial charge < -0.3 is 20.9 Å². The average Bonchev–Trinajstić information content (AvgIpc) is 2.81. The van der Waals surface area contributed by atoms with Gasteiger partial charge in [-0.05, 0) is 46.2 Å². The van der Waals surface area contributed by atoms with Crippen molar-refractivity contribution in [2.24, 2.45) is 11.5 Å². The highest BCUT2D eigenvalue weighted by molar-refractivity contribution is 5.95. The zero-order valence-corrected chi connectivity index (χ0v) is 18.7. The molecule has 7 heteroatoms. The first kappa shape index (κ1) is 23.6. The molecule has 0 aliphatic rings. The lowest BCUT2D eigenvalue weighted by Gasteiger charge is -2.10. The first-order valence-electron chi connectivity index (χ1n) is 10.1. The lowest BCUT2D eigenvalue weighted by Crippen LogP contribution is -2.10. The Bertz CT molecular complexity index is 1180. The second-order valence-corrected chi connectivity index (χ2v) is 7.47. The monoisotopic (exact) mass is 460 g/mol. The molecule has 0 spiro atoms. The Morgan fingerprint density at radius 1 is 0.576 bits per heavy atom. The molecule has 0 amide bonds. The molecule has 168 valence electrons. The summed E-state index contributed by atoms with van der Waals surface area (Å²) in [7, 11) is 0. The van der Waals surface area contributed by atoms with Gasteiger partial charge in [0.1, 0.15) is 36.4 Å². The van der Waals surface area contributed by atoms with E-state index in [0.717, 1.165) is 33.4 Å². The lowest BCUT2D eigenvalue weighted by molar-refractivity contribution is 0.305. The van der Waals surface area contributed by atoms with Crippen molar-refractivity contribution in [1.29, 1.82) is 10.8 Å². The Labute approximate surface area is 198 Å². The molecule has 0 aromatic heterocycles. The number of hydrogen-bond donors (Lipinski definition) is 4. The van der Waals surface area contributed by atoms with E-state index in [4.69, 9.17) is 31.8 Å². The minimum atomic E-state index is 0. The quantitative estimate of drug-likeness (QED) is 0.219. The van der Waals surface area contributed by atoms with Gasteiger partial charge in [-0.1, -0.05) is 60.7 Å². The van der Waals surface area contributed by atoms with Crippen molar-refractivity contribution in [2.45, 2.75) is 13.2 Å². The van der Waals surface area contributed by atoms with Crippen LogP contribution in [0.4, 0.5) is 0 Å². The smallest absolute Gasteiger partial charge is 0.122 e. The predicted molar refractivity (Wildman–Crippen MR) is 135 cm³/mol. The highest BCUT2D eigenvalue weighted by atomic mass is 35.5. The van der Waals surface area contributed by atoms with Gasteiger partial charge in [0.05, 0.1) is 0 Å². The van der Waals surface area contributed by atoms with Crippen molar-refractivity contribution in [3.63, 3.8) is 0 Å². The Hall–Kier alpha value is -4.03. The molecule has 0 radical (unpaired) electrons. The number of benzene rings is 4. The number of fused-ring (bicyclic) bond motifs is 1. The fraction of sp³-hybridized carbons (Fsp3) is 0.0769. The summed E-state index contributed by atoms with van der Waals surface area (Å²) in [5.41, 5.74) is 14.4. The lowest BCUT2D eigenvalue weighted by atomic mass is 10.1. The second kappa shape index (κ2) is 10.5. The molecular weight excluding hydrogens is 436 g/mol. The molecule has 6 nitrogen and oxygen atoms in total. The van der Waals surface area contributed by atoms with Gasteiger partial charge in [0, 0.05) is 11.1 Å². The second-order valence-electron chi connectivity index (χ2n) is 7.47. The molecule has 0 unspecified atom stereocenters. The van der Waals surface area contributed by atoms with Crippen LogP contribution in [-0.2, 0) is 13.2 Å². The fourth-order valence-electron chi connectivity index (χ4n) is 3.28. The summed E-state index contributed by atoms with van der Waals surface area (Å²) in [5.74, 6) is 1.64. The van der Waals surface area contributed by atoms with Crippen molar-refractivity contribution < 1.29 is 9.47 Å². The molecule has 0 atom stereocenters. The van der Waals surface area contributed by atoms with Gasteiger partial charge in [-0.25, -0.2) is 0 Å². The topological polar surface area (TPSA) is 118 Å². The normalized spacial score (nSPS) is 10.3. The van der Waals surface area contributed by atoms with Crippen LogP contribution in [0, 0.1) is 10.8 Å². The van der Waals surface area contributed by atoms with Crippen LogP contribution in [0.25, 0.3) is 10.8 Å². The third-order valence-corrected chi connectivity index (χ3v) is 5.12. The summed E-state index contributed by atoms with van der Waals surface area (Å²) >= 11 is 0. The van der Waals surface area contributed by atoms with Crippen LogP contribution >= 0.6 is 12.4 Å². The van der Waals surface area contributed by atoms with Crippen LogP contribution in [-0.4, -0.2) is 11.7 Å². The van der Waals surface area contributed by atoms with Crippen molar-refractivity contribution in [1.82, 2.24) is 0 Å². The third kappa shape index (κ3) is 6.02. The van der Waals surface area contributed by atoms with E-state index in [2.05, 4.69) is 0 Å². The van der Waals surface area contributed by atoms with Gasteiger partial charge in [-0.15, -0.1) is 12.4 Å². The molecule has 0 saturated heterocycles. The van der Waals surface area contributed by atoms with Crippen molar-refractivity contribution in [3.8, 4) is 11.5 Å². The van der Waals surface area contributed by atoms with Crippen LogP contribution in [0.1, 0.15) is 22.3 Å². The summed E-state index contributed by atoms with van der Waals surface area (Å²) in [5, 5.41) is 17.1. The number of ether oxygens (including phenoxy) is 2. The molecule has 4 aromatic carbocycles. The van der Waals surface area contributed by atoms with E-state index < -0.39 is 0 Å². The molecule has 0 aliphatic carbocycles. The van der Waals surface area contributed by atoms with E-state index in [1.54, 1.807) is 0 Å². The van der Waals surface area contributed by atoms with Gasteiger partial charge in [-0.3, -0.25) is 10.8 Å². The van der Waals surface area contributed by atoms with E-state index in [1.165, 1.54) is 0 Å². The molecule has 0 heterocycles. The highest BCUT2D eigenvalue weighted by Gasteiger charge is 2.04. The van der Waals surface area contributed by atoms with E-state index in [-0.39, 0.29) is 24.1 Å². The number of nitrogen functional groups attached to an aromatic ring is 2. The number of rotatable bonds is 8. The van der Waals surface area contributed by atoms with E-state index >= 15 is 0 Å². The maximum Gasteiger partial charge on any atom is 0.122 e. The molecular formula is C26H25ClN4O2. The number of amidine groups is 2. The van der Waals surface area contributed by atoms with Gasteiger partial charge in [0.25, 0.3) is 0 Å². The summed E-state index contributed by atoms with van der Waals surface area (Å²) < 4.78 is 11.9. The fourth-order valence-corrected chi connectivity index (χ4v) is 3.28. The standard InChI is InChI=1S/C26H24N4O2.ClH/c27-25(28)20-5-1-17(2-6-20)15-31-23-11-9-19-10-12-24(14-22(19)13-23)32-16-18-3-7-21(8-4-18)26(29)30;/h1-14H,15-16H2,(H3,27,28)(H3,29,30);1H. The van der Waals surface area contributed by atoms with Crippen LogP contribution < -0.4 is 20.9 Å². The molecule has 33 heavy (non-hydrogen) atoms. The van der Waals surface area contributed by atoms with Crippen LogP contribution in [0.3, 0.4) is 0 Å². The zero-order chi connectivity index (χ0) is 22.5. The maximum absolute atomic E-state index is 7.46. The van der Waals surface area contributed by atoms with Crippen molar-refractivity contribution in [3.05, 3.63) is 107 Å².